The Balaban J connectivity index is 2.70. The van der Waals surface area contributed by atoms with Crippen molar-refractivity contribution in [3.05, 3.63) is 34.6 Å². The summed E-state index contributed by atoms with van der Waals surface area (Å²) in [7, 11) is 0. The first-order valence-corrected chi connectivity index (χ1v) is 5.29. The van der Waals surface area contributed by atoms with Gasteiger partial charge in [0.05, 0.1) is 18.8 Å². The molecule has 1 aromatic carbocycles. The topological polar surface area (TPSA) is 52.5 Å². The Labute approximate surface area is 98.9 Å². The number of aliphatic hydroxyl groups excluding tert-OH is 2. The highest BCUT2D eigenvalue weighted by atomic mass is 35.5. The Morgan fingerprint density at radius 2 is 2.00 bits per heavy atom. The van der Waals surface area contributed by atoms with E-state index in [2.05, 4.69) is 5.32 Å². The first-order valence-electron chi connectivity index (χ1n) is 4.91. The molecule has 1 rings (SSSR count). The molecule has 0 saturated carbocycles. The highest BCUT2D eigenvalue weighted by Gasteiger charge is 2.21. The van der Waals surface area contributed by atoms with Crippen LogP contribution in [0, 0.1) is 5.82 Å². The number of rotatable bonds is 5. The van der Waals surface area contributed by atoms with Crippen LogP contribution < -0.4 is 5.32 Å². The Morgan fingerprint density at radius 1 is 1.38 bits per heavy atom. The molecule has 90 valence electrons. The van der Waals surface area contributed by atoms with Gasteiger partial charge < -0.3 is 15.5 Å². The zero-order valence-corrected chi connectivity index (χ0v) is 9.76. The molecule has 3 nitrogen and oxygen atoms in total. The molecule has 0 fully saturated rings. The van der Waals surface area contributed by atoms with Crippen molar-refractivity contribution in [3.8, 4) is 0 Å². The van der Waals surface area contributed by atoms with Crippen LogP contribution in [0.25, 0.3) is 0 Å². The van der Waals surface area contributed by atoms with Crippen LogP contribution in [0.15, 0.2) is 18.2 Å². The van der Waals surface area contributed by atoms with E-state index in [0.717, 1.165) is 0 Å². The van der Waals surface area contributed by atoms with E-state index in [1.165, 1.54) is 18.2 Å². The minimum Gasteiger partial charge on any atom is -0.394 e. The largest absolute Gasteiger partial charge is 0.394 e. The fourth-order valence-electron chi connectivity index (χ4n) is 1.15. The van der Waals surface area contributed by atoms with E-state index in [4.69, 9.17) is 21.8 Å². The van der Waals surface area contributed by atoms with Gasteiger partial charge in [-0.3, -0.25) is 0 Å². The lowest BCUT2D eigenvalue weighted by atomic mass is 10.0. The highest BCUT2D eigenvalue weighted by molar-refractivity contribution is 6.30. The summed E-state index contributed by atoms with van der Waals surface area (Å²) >= 11 is 5.74. The summed E-state index contributed by atoms with van der Waals surface area (Å²) in [6.45, 7) is 1.39. The summed E-state index contributed by atoms with van der Waals surface area (Å²) < 4.78 is 13.3. The van der Waals surface area contributed by atoms with Crippen LogP contribution in [0.5, 0.6) is 0 Å². The quantitative estimate of drug-likeness (QED) is 0.736. The minimum absolute atomic E-state index is 0.198. The van der Waals surface area contributed by atoms with Crippen LogP contribution in [0.3, 0.4) is 0 Å². The maximum atomic E-state index is 13.3. The van der Waals surface area contributed by atoms with Gasteiger partial charge in [-0.05, 0) is 25.1 Å². The number of nitrogens with one attached hydrogen (secondary N) is 1. The summed E-state index contributed by atoms with van der Waals surface area (Å²) in [4.78, 5) is 0. The summed E-state index contributed by atoms with van der Waals surface area (Å²) in [5, 5.41) is 21.4. The van der Waals surface area contributed by atoms with Gasteiger partial charge >= 0.3 is 0 Å². The fourth-order valence-corrected chi connectivity index (χ4v) is 1.34. The molecule has 0 spiro atoms. The van der Waals surface area contributed by atoms with Gasteiger partial charge in [-0.25, -0.2) is 4.39 Å². The van der Waals surface area contributed by atoms with Gasteiger partial charge in [0.1, 0.15) is 5.82 Å². The molecule has 0 aliphatic carbocycles. The molecule has 0 aliphatic rings. The lowest BCUT2D eigenvalue weighted by Gasteiger charge is -2.26. The summed E-state index contributed by atoms with van der Waals surface area (Å²) in [6.07, 6.45) is 0. The van der Waals surface area contributed by atoms with Gasteiger partial charge in [-0.15, -0.1) is 0 Å². The van der Waals surface area contributed by atoms with Gasteiger partial charge in [0.25, 0.3) is 0 Å². The van der Waals surface area contributed by atoms with Gasteiger partial charge in [0, 0.05) is 17.1 Å². The molecule has 0 aromatic heterocycles. The zero-order chi connectivity index (χ0) is 12.2. The minimum atomic E-state index is -0.825. The maximum absolute atomic E-state index is 13.3. The third-order valence-corrected chi connectivity index (χ3v) is 2.65. The number of hydrogen-bond acceptors (Lipinski definition) is 3. The number of benzene rings is 1. The third-order valence-electron chi connectivity index (χ3n) is 2.41. The third kappa shape index (κ3) is 3.42. The second-order valence-electron chi connectivity index (χ2n) is 3.97. The SMILES string of the molecule is CC(CO)(CO)NCc1cc(Cl)ccc1F. The maximum Gasteiger partial charge on any atom is 0.127 e. The van der Waals surface area contributed by atoms with Crippen molar-refractivity contribution >= 4 is 11.6 Å². The van der Waals surface area contributed by atoms with E-state index in [9.17, 15) is 4.39 Å². The van der Waals surface area contributed by atoms with E-state index in [1.54, 1.807) is 6.92 Å². The Kier molecular flexibility index (Phi) is 4.68. The Hall–Kier alpha value is -0.680. The Morgan fingerprint density at radius 3 is 2.56 bits per heavy atom. The second-order valence-corrected chi connectivity index (χ2v) is 4.40. The molecule has 0 bridgehead atoms. The van der Waals surface area contributed by atoms with Crippen LogP contribution >= 0.6 is 11.6 Å². The molecule has 0 unspecified atom stereocenters. The molecule has 5 heteroatoms. The van der Waals surface area contributed by atoms with E-state index in [-0.39, 0.29) is 25.6 Å². The second kappa shape index (κ2) is 5.59. The van der Waals surface area contributed by atoms with Crippen molar-refractivity contribution < 1.29 is 14.6 Å². The van der Waals surface area contributed by atoms with E-state index < -0.39 is 5.54 Å². The van der Waals surface area contributed by atoms with Crippen molar-refractivity contribution in [2.24, 2.45) is 0 Å². The van der Waals surface area contributed by atoms with Gasteiger partial charge in [-0.2, -0.15) is 0 Å². The average Bonchev–Trinajstić information content (AvgIpc) is 2.30. The zero-order valence-electron chi connectivity index (χ0n) is 9.00. The molecule has 0 aliphatic heterocycles. The lowest BCUT2D eigenvalue weighted by Crippen LogP contribution is -2.48. The first kappa shape index (κ1) is 13.4. The van der Waals surface area contributed by atoms with Crippen molar-refractivity contribution in [1.29, 1.82) is 0 Å². The number of hydrogen-bond donors (Lipinski definition) is 3. The van der Waals surface area contributed by atoms with Gasteiger partial charge in [0.2, 0.25) is 0 Å². The predicted octanol–water partition coefficient (Wildman–Crippen LogP) is 1.31. The van der Waals surface area contributed by atoms with Crippen LogP contribution in [0.1, 0.15) is 12.5 Å². The number of halogens is 2. The molecule has 16 heavy (non-hydrogen) atoms. The molecule has 3 N–H and O–H groups in total. The smallest absolute Gasteiger partial charge is 0.127 e. The van der Waals surface area contributed by atoms with Gasteiger partial charge in [-0.1, -0.05) is 11.6 Å². The van der Waals surface area contributed by atoms with Crippen molar-refractivity contribution in [1.82, 2.24) is 5.32 Å². The Bertz CT molecular complexity index is 356. The fraction of sp³-hybridized carbons (Fsp3) is 0.455. The first-order chi connectivity index (χ1) is 7.50. The molecule has 0 heterocycles. The molecule has 0 amide bonds. The lowest BCUT2D eigenvalue weighted by molar-refractivity contribution is 0.103. The monoisotopic (exact) mass is 247 g/mol. The van der Waals surface area contributed by atoms with Crippen LogP contribution in [-0.4, -0.2) is 29.0 Å². The molecular weight excluding hydrogens is 233 g/mol. The molecule has 0 radical (unpaired) electrons. The summed E-state index contributed by atoms with van der Waals surface area (Å²) in [5.41, 5.74) is -0.421. The van der Waals surface area contributed by atoms with Crippen molar-refractivity contribution in [2.75, 3.05) is 13.2 Å². The normalized spacial score (nSPS) is 11.8. The number of aliphatic hydroxyl groups is 2. The standard InChI is InChI=1S/C11H15ClFNO2/c1-11(6-15,7-16)14-5-8-4-9(12)2-3-10(8)13/h2-4,14-16H,5-7H2,1H3. The van der Waals surface area contributed by atoms with Gasteiger partial charge in [0.15, 0.2) is 0 Å². The molecule has 0 saturated heterocycles. The average molecular weight is 248 g/mol. The van der Waals surface area contributed by atoms with E-state index in [0.29, 0.717) is 10.6 Å². The molecule has 0 atom stereocenters. The highest BCUT2D eigenvalue weighted by Crippen LogP contribution is 2.15. The van der Waals surface area contributed by atoms with E-state index in [1.807, 2.05) is 0 Å². The van der Waals surface area contributed by atoms with Crippen LogP contribution in [-0.2, 0) is 6.54 Å². The van der Waals surface area contributed by atoms with Crippen LogP contribution in [0.4, 0.5) is 4.39 Å². The summed E-state index contributed by atoms with van der Waals surface area (Å²) in [5.74, 6) is -0.366. The van der Waals surface area contributed by atoms with Crippen LogP contribution in [0.2, 0.25) is 5.02 Å². The van der Waals surface area contributed by atoms with E-state index >= 15 is 0 Å². The van der Waals surface area contributed by atoms with Crippen molar-refractivity contribution in [3.63, 3.8) is 0 Å². The molecular formula is C11H15ClFNO2. The molecule has 1 aromatic rings. The predicted molar refractivity (Wildman–Crippen MR) is 60.8 cm³/mol. The van der Waals surface area contributed by atoms with Crippen molar-refractivity contribution in [2.45, 2.75) is 19.0 Å². The summed E-state index contributed by atoms with van der Waals surface area (Å²) in [6, 6.07) is 4.27.